The Balaban J connectivity index is 1.87. The lowest BCUT2D eigenvalue weighted by molar-refractivity contribution is 0.226. The van der Waals surface area contributed by atoms with Crippen LogP contribution in [0, 0.1) is 0 Å². The number of aryl methyl sites for hydroxylation is 1. The molecule has 0 bridgehead atoms. The number of ether oxygens (including phenoxy) is 1. The van der Waals surface area contributed by atoms with Crippen molar-refractivity contribution in [2.75, 3.05) is 20.2 Å². The molecule has 2 rings (SSSR count). The first-order chi connectivity index (χ1) is 8.72. The topological polar surface area (TPSA) is 25.4 Å². The molecule has 0 radical (unpaired) electrons. The summed E-state index contributed by atoms with van der Waals surface area (Å²) in [6, 6.07) is 4.75. The molecule has 18 heavy (non-hydrogen) atoms. The molecule has 1 saturated carbocycles. The maximum atomic E-state index is 5.87. The van der Waals surface area contributed by atoms with E-state index in [9.17, 15) is 0 Å². The summed E-state index contributed by atoms with van der Waals surface area (Å²) in [5.41, 5.74) is 2.12. The molecule has 1 aliphatic carbocycles. The molecule has 1 heterocycles. The summed E-state index contributed by atoms with van der Waals surface area (Å²) >= 11 is 5.87. The predicted octanol–water partition coefficient (Wildman–Crippen LogP) is 2.86. The van der Waals surface area contributed by atoms with E-state index in [4.69, 9.17) is 16.3 Å². The fourth-order valence-corrected chi connectivity index (χ4v) is 2.10. The average Bonchev–Trinajstić information content (AvgIpc) is 3.22. The van der Waals surface area contributed by atoms with E-state index in [2.05, 4.69) is 23.9 Å². The molecule has 4 heteroatoms. The van der Waals surface area contributed by atoms with Crippen LogP contribution >= 0.6 is 11.6 Å². The van der Waals surface area contributed by atoms with Crippen LogP contribution in [0.3, 0.4) is 0 Å². The second-order valence-electron chi connectivity index (χ2n) is 4.85. The van der Waals surface area contributed by atoms with Gasteiger partial charge in [0.1, 0.15) is 6.61 Å². The van der Waals surface area contributed by atoms with Gasteiger partial charge in [0.15, 0.2) is 0 Å². The molecule has 0 aliphatic heterocycles. The van der Waals surface area contributed by atoms with Crippen LogP contribution in [0.1, 0.15) is 31.0 Å². The van der Waals surface area contributed by atoms with Crippen molar-refractivity contribution in [2.24, 2.45) is 0 Å². The summed E-state index contributed by atoms with van der Waals surface area (Å²) in [5, 5.41) is 0. The van der Waals surface area contributed by atoms with Crippen LogP contribution in [0.25, 0.3) is 0 Å². The van der Waals surface area contributed by atoms with Gasteiger partial charge in [-0.15, -0.1) is 11.6 Å². The number of halogens is 1. The standard InChI is InChI=1S/C14H21ClN2O/c1-3-12-8-11(10-15)9-14(16-12)18-7-6-17(2)13-4-5-13/h8-9,13H,3-7,10H2,1-2H3. The zero-order chi connectivity index (χ0) is 13.0. The Kier molecular flexibility index (Phi) is 4.84. The van der Waals surface area contributed by atoms with Gasteiger partial charge in [0.2, 0.25) is 5.88 Å². The highest BCUT2D eigenvalue weighted by molar-refractivity contribution is 6.17. The minimum absolute atomic E-state index is 0.508. The maximum absolute atomic E-state index is 5.87. The summed E-state index contributed by atoms with van der Waals surface area (Å²) in [6.45, 7) is 3.73. The van der Waals surface area contributed by atoms with Crippen LogP contribution in [0.4, 0.5) is 0 Å². The highest BCUT2D eigenvalue weighted by Gasteiger charge is 2.25. The number of pyridine rings is 1. The molecule has 0 aromatic carbocycles. The van der Waals surface area contributed by atoms with Crippen molar-refractivity contribution in [3.05, 3.63) is 23.4 Å². The number of aromatic nitrogens is 1. The van der Waals surface area contributed by atoms with Gasteiger partial charge < -0.3 is 9.64 Å². The lowest BCUT2D eigenvalue weighted by Gasteiger charge is -2.16. The van der Waals surface area contributed by atoms with Crippen LogP contribution in [-0.2, 0) is 12.3 Å². The molecular weight excluding hydrogens is 248 g/mol. The number of rotatable bonds is 7. The summed E-state index contributed by atoms with van der Waals surface area (Å²) < 4.78 is 5.73. The first kappa shape index (κ1) is 13.6. The first-order valence-electron chi connectivity index (χ1n) is 6.61. The summed E-state index contributed by atoms with van der Waals surface area (Å²) in [6.07, 6.45) is 3.57. The number of hydrogen-bond donors (Lipinski definition) is 0. The fourth-order valence-electron chi connectivity index (χ4n) is 1.94. The molecule has 1 aliphatic rings. The van der Waals surface area contributed by atoms with Crippen LogP contribution in [0.2, 0.25) is 0 Å². The van der Waals surface area contributed by atoms with Crippen molar-refractivity contribution in [1.82, 2.24) is 9.88 Å². The Labute approximate surface area is 114 Å². The highest BCUT2D eigenvalue weighted by atomic mass is 35.5. The molecule has 0 amide bonds. The van der Waals surface area contributed by atoms with Crippen molar-refractivity contribution in [3.63, 3.8) is 0 Å². The quantitative estimate of drug-likeness (QED) is 0.711. The van der Waals surface area contributed by atoms with E-state index < -0.39 is 0 Å². The molecule has 100 valence electrons. The van der Waals surface area contributed by atoms with Crippen molar-refractivity contribution >= 4 is 11.6 Å². The zero-order valence-electron chi connectivity index (χ0n) is 11.2. The molecule has 3 nitrogen and oxygen atoms in total. The largest absolute Gasteiger partial charge is 0.476 e. The van der Waals surface area contributed by atoms with Gasteiger partial charge >= 0.3 is 0 Å². The van der Waals surface area contributed by atoms with Gasteiger partial charge in [-0.1, -0.05) is 6.92 Å². The SMILES string of the molecule is CCc1cc(CCl)cc(OCCN(C)C2CC2)n1. The molecule has 0 saturated heterocycles. The third-order valence-corrected chi connectivity index (χ3v) is 3.60. The van der Waals surface area contributed by atoms with Crippen LogP contribution in [0.15, 0.2) is 12.1 Å². The Morgan fingerprint density at radius 3 is 2.83 bits per heavy atom. The normalized spacial score (nSPS) is 15.1. The van der Waals surface area contributed by atoms with E-state index in [-0.39, 0.29) is 0 Å². The summed E-state index contributed by atoms with van der Waals surface area (Å²) in [4.78, 5) is 6.81. The van der Waals surface area contributed by atoms with Gasteiger partial charge in [-0.25, -0.2) is 4.98 Å². The molecule has 1 aromatic rings. The minimum Gasteiger partial charge on any atom is -0.476 e. The smallest absolute Gasteiger partial charge is 0.213 e. The van der Waals surface area contributed by atoms with E-state index in [0.29, 0.717) is 18.4 Å². The Bertz CT molecular complexity index is 371. The molecule has 0 unspecified atom stereocenters. The maximum Gasteiger partial charge on any atom is 0.213 e. The van der Waals surface area contributed by atoms with Crippen LogP contribution < -0.4 is 4.74 Å². The Hall–Kier alpha value is -0.800. The van der Waals surface area contributed by atoms with E-state index in [0.717, 1.165) is 30.3 Å². The minimum atomic E-state index is 0.508. The molecule has 1 fully saturated rings. The fraction of sp³-hybridized carbons (Fsp3) is 0.643. The number of likely N-dealkylation sites (N-methyl/N-ethyl adjacent to an activating group) is 1. The number of alkyl halides is 1. The lowest BCUT2D eigenvalue weighted by Crippen LogP contribution is -2.26. The zero-order valence-corrected chi connectivity index (χ0v) is 11.9. The molecule has 0 spiro atoms. The van der Waals surface area contributed by atoms with Crippen molar-refractivity contribution in [3.8, 4) is 5.88 Å². The van der Waals surface area contributed by atoms with Crippen molar-refractivity contribution in [2.45, 2.75) is 38.1 Å². The first-order valence-corrected chi connectivity index (χ1v) is 7.15. The highest BCUT2D eigenvalue weighted by Crippen LogP contribution is 2.24. The number of nitrogens with zero attached hydrogens (tertiary/aromatic N) is 2. The van der Waals surface area contributed by atoms with Gasteiger partial charge in [0.25, 0.3) is 0 Å². The van der Waals surface area contributed by atoms with Crippen molar-refractivity contribution < 1.29 is 4.74 Å². The van der Waals surface area contributed by atoms with E-state index in [1.54, 1.807) is 0 Å². The number of hydrogen-bond acceptors (Lipinski definition) is 3. The van der Waals surface area contributed by atoms with Crippen LogP contribution in [-0.4, -0.2) is 36.1 Å². The van der Waals surface area contributed by atoms with E-state index in [1.165, 1.54) is 12.8 Å². The molecule has 0 N–H and O–H groups in total. The predicted molar refractivity (Wildman–Crippen MR) is 74.3 cm³/mol. The lowest BCUT2D eigenvalue weighted by atomic mass is 10.2. The monoisotopic (exact) mass is 268 g/mol. The Morgan fingerprint density at radius 1 is 1.44 bits per heavy atom. The van der Waals surface area contributed by atoms with E-state index >= 15 is 0 Å². The third-order valence-electron chi connectivity index (χ3n) is 3.30. The van der Waals surface area contributed by atoms with Gasteiger partial charge in [0, 0.05) is 30.2 Å². The summed E-state index contributed by atoms with van der Waals surface area (Å²) in [5.74, 6) is 1.21. The van der Waals surface area contributed by atoms with Gasteiger partial charge in [-0.05, 0) is 37.9 Å². The van der Waals surface area contributed by atoms with Gasteiger partial charge in [0.05, 0.1) is 0 Å². The molecule has 1 aromatic heterocycles. The second kappa shape index (κ2) is 6.39. The van der Waals surface area contributed by atoms with E-state index in [1.807, 2.05) is 12.1 Å². The third kappa shape index (κ3) is 3.85. The Morgan fingerprint density at radius 2 is 2.22 bits per heavy atom. The van der Waals surface area contributed by atoms with Crippen LogP contribution in [0.5, 0.6) is 5.88 Å². The van der Waals surface area contributed by atoms with Gasteiger partial charge in [-0.2, -0.15) is 0 Å². The van der Waals surface area contributed by atoms with Crippen molar-refractivity contribution in [1.29, 1.82) is 0 Å². The molecule has 0 atom stereocenters. The summed E-state index contributed by atoms with van der Waals surface area (Å²) in [7, 11) is 2.15. The van der Waals surface area contributed by atoms with Gasteiger partial charge in [-0.3, -0.25) is 0 Å². The second-order valence-corrected chi connectivity index (χ2v) is 5.12. The average molecular weight is 269 g/mol. The molecular formula is C14H21ClN2O.